The summed E-state index contributed by atoms with van der Waals surface area (Å²) >= 11 is 0. The van der Waals surface area contributed by atoms with Crippen LogP contribution in [0.4, 0.5) is 0 Å². The summed E-state index contributed by atoms with van der Waals surface area (Å²) in [5.74, 6) is 2.70. The van der Waals surface area contributed by atoms with Crippen LogP contribution >= 0.6 is 0 Å². The molecule has 0 spiro atoms. The first-order valence-corrected chi connectivity index (χ1v) is 8.81. The van der Waals surface area contributed by atoms with Crippen molar-refractivity contribution in [2.24, 2.45) is 28.6 Å². The van der Waals surface area contributed by atoms with Gasteiger partial charge in [-0.25, -0.2) is 0 Å². The average Bonchev–Trinajstić information content (AvgIpc) is 2.58. The Hall–Kier alpha value is 0. The monoisotopic (exact) mass is 298 g/mol. The van der Waals surface area contributed by atoms with Crippen molar-refractivity contribution in [3.05, 3.63) is 0 Å². The Labute approximate surface area is 137 Å². The fourth-order valence-electron chi connectivity index (χ4n) is 4.58. The third-order valence-corrected chi connectivity index (χ3v) is 7.10. The van der Waals surface area contributed by atoms with Gasteiger partial charge in [0, 0.05) is 0 Å². The second kappa shape index (κ2) is 9.21. The molecule has 0 aromatic carbocycles. The highest BCUT2D eigenvalue weighted by molar-refractivity contribution is 5.02. The van der Waals surface area contributed by atoms with Gasteiger partial charge in [0.05, 0.1) is 0 Å². The van der Waals surface area contributed by atoms with E-state index in [2.05, 4.69) is 48.5 Å². The van der Waals surface area contributed by atoms with Crippen molar-refractivity contribution in [1.29, 1.82) is 0 Å². The summed E-state index contributed by atoms with van der Waals surface area (Å²) in [4.78, 5) is 0. The molecule has 21 heavy (non-hydrogen) atoms. The standard InChI is InChI=1S/C19H38.2CH4/c1-8-10-12-17(11-9-2)16(4)19(7)14-13-15(3)18(19,5)6;;/h15-17H,8-14H2,1-7H3;2*1H4. The predicted octanol–water partition coefficient (Wildman–Crippen LogP) is 7.96. The Balaban J connectivity index is 0. The molecule has 4 unspecified atom stereocenters. The van der Waals surface area contributed by atoms with Gasteiger partial charge in [0.15, 0.2) is 0 Å². The molecule has 0 aromatic rings. The Kier molecular flexibility index (Phi) is 10.2. The molecule has 0 amide bonds. The van der Waals surface area contributed by atoms with Gasteiger partial charge in [-0.3, -0.25) is 0 Å². The molecular weight excluding hydrogens is 252 g/mol. The van der Waals surface area contributed by atoms with Gasteiger partial charge in [0.1, 0.15) is 0 Å². The van der Waals surface area contributed by atoms with Crippen LogP contribution in [0.25, 0.3) is 0 Å². The maximum Gasteiger partial charge on any atom is -0.0244 e. The van der Waals surface area contributed by atoms with Crippen LogP contribution in [-0.2, 0) is 0 Å². The zero-order valence-electron chi connectivity index (χ0n) is 14.7. The predicted molar refractivity (Wildman–Crippen MR) is 101 cm³/mol. The van der Waals surface area contributed by atoms with Crippen molar-refractivity contribution in [2.45, 2.75) is 108 Å². The molecule has 1 aliphatic carbocycles. The molecule has 0 aliphatic heterocycles. The third kappa shape index (κ3) is 4.49. The summed E-state index contributed by atoms with van der Waals surface area (Å²) in [5, 5.41) is 0. The second-order valence-corrected chi connectivity index (χ2v) is 8.06. The smallest absolute Gasteiger partial charge is 0.0244 e. The summed E-state index contributed by atoms with van der Waals surface area (Å²) in [6.45, 7) is 17.4. The highest BCUT2D eigenvalue weighted by Crippen LogP contribution is 2.61. The molecule has 0 bridgehead atoms. The summed E-state index contributed by atoms with van der Waals surface area (Å²) in [5.41, 5.74) is 1.05. The minimum Gasteiger partial charge on any atom is -0.0776 e. The molecule has 0 N–H and O–H groups in total. The topological polar surface area (TPSA) is 0 Å². The van der Waals surface area contributed by atoms with E-state index in [1.807, 2.05) is 0 Å². The van der Waals surface area contributed by atoms with Gasteiger partial charge in [0.25, 0.3) is 0 Å². The van der Waals surface area contributed by atoms with E-state index in [1.165, 1.54) is 44.9 Å². The second-order valence-electron chi connectivity index (χ2n) is 8.06. The van der Waals surface area contributed by atoms with E-state index in [4.69, 9.17) is 0 Å². The van der Waals surface area contributed by atoms with Crippen molar-refractivity contribution >= 4 is 0 Å². The lowest BCUT2D eigenvalue weighted by Crippen LogP contribution is -2.41. The van der Waals surface area contributed by atoms with Crippen LogP contribution < -0.4 is 0 Å². The number of hydrogen-bond acceptors (Lipinski definition) is 0. The first-order chi connectivity index (χ1) is 8.81. The molecule has 4 atom stereocenters. The molecule has 0 heterocycles. The highest BCUT2D eigenvalue weighted by Gasteiger charge is 2.53. The lowest BCUT2D eigenvalue weighted by atomic mass is 9.57. The van der Waals surface area contributed by atoms with Gasteiger partial charge in [-0.15, -0.1) is 0 Å². The van der Waals surface area contributed by atoms with Crippen LogP contribution in [0.15, 0.2) is 0 Å². The highest BCUT2D eigenvalue weighted by atomic mass is 14.6. The molecule has 130 valence electrons. The molecule has 1 rings (SSSR count). The van der Waals surface area contributed by atoms with Gasteiger partial charge in [-0.1, -0.05) is 95.4 Å². The number of unbranched alkanes of at least 4 members (excludes halogenated alkanes) is 1. The van der Waals surface area contributed by atoms with Gasteiger partial charge < -0.3 is 0 Å². The van der Waals surface area contributed by atoms with Crippen LogP contribution in [0, 0.1) is 28.6 Å². The van der Waals surface area contributed by atoms with Crippen molar-refractivity contribution < 1.29 is 0 Å². The van der Waals surface area contributed by atoms with E-state index < -0.39 is 0 Å². The van der Waals surface area contributed by atoms with E-state index in [9.17, 15) is 0 Å². The van der Waals surface area contributed by atoms with Crippen LogP contribution in [0.2, 0.25) is 0 Å². The Morgan fingerprint density at radius 3 is 1.95 bits per heavy atom. The fourth-order valence-corrected chi connectivity index (χ4v) is 4.58. The molecule has 1 saturated carbocycles. The van der Waals surface area contributed by atoms with E-state index in [0.29, 0.717) is 10.8 Å². The average molecular weight is 299 g/mol. The third-order valence-electron chi connectivity index (χ3n) is 7.10. The van der Waals surface area contributed by atoms with Gasteiger partial charge in [0.2, 0.25) is 0 Å². The number of rotatable bonds is 7. The van der Waals surface area contributed by atoms with E-state index in [-0.39, 0.29) is 14.9 Å². The molecule has 0 heteroatoms. The summed E-state index contributed by atoms with van der Waals surface area (Å²) in [6.07, 6.45) is 9.87. The van der Waals surface area contributed by atoms with Gasteiger partial charge in [-0.2, -0.15) is 0 Å². The molecule has 0 aromatic heterocycles. The largest absolute Gasteiger partial charge is 0.0776 e. The minimum atomic E-state index is 0. The van der Waals surface area contributed by atoms with Crippen molar-refractivity contribution in [3.63, 3.8) is 0 Å². The van der Waals surface area contributed by atoms with Crippen LogP contribution in [0.3, 0.4) is 0 Å². The van der Waals surface area contributed by atoms with E-state index >= 15 is 0 Å². The molecule has 0 radical (unpaired) electrons. The zero-order valence-corrected chi connectivity index (χ0v) is 14.7. The normalized spacial score (nSPS) is 30.1. The molecule has 0 nitrogen and oxygen atoms in total. The van der Waals surface area contributed by atoms with E-state index in [1.54, 1.807) is 0 Å². The molecule has 1 fully saturated rings. The maximum absolute atomic E-state index is 2.59. The quantitative estimate of drug-likeness (QED) is 0.447. The molecule has 0 saturated heterocycles. The minimum absolute atomic E-state index is 0. The van der Waals surface area contributed by atoms with Gasteiger partial charge in [-0.05, 0) is 41.4 Å². The van der Waals surface area contributed by atoms with E-state index in [0.717, 1.165) is 17.8 Å². The lowest BCUT2D eigenvalue weighted by molar-refractivity contribution is 0.00459. The van der Waals surface area contributed by atoms with Crippen LogP contribution in [0.5, 0.6) is 0 Å². The zero-order chi connectivity index (χ0) is 14.7. The van der Waals surface area contributed by atoms with Crippen molar-refractivity contribution in [1.82, 2.24) is 0 Å². The molecular formula is C21H46. The summed E-state index contributed by atoms with van der Waals surface area (Å²) in [7, 11) is 0. The Bertz CT molecular complexity index is 265. The summed E-state index contributed by atoms with van der Waals surface area (Å²) < 4.78 is 0. The SMILES string of the molecule is C.C.CCCCC(CCC)C(C)C1(C)CCC(C)C1(C)C. The lowest BCUT2D eigenvalue weighted by Gasteiger charge is -2.48. The van der Waals surface area contributed by atoms with Crippen LogP contribution in [0.1, 0.15) is 108 Å². The fraction of sp³-hybridized carbons (Fsp3) is 1.00. The molecule has 1 aliphatic rings. The van der Waals surface area contributed by atoms with Crippen LogP contribution in [-0.4, -0.2) is 0 Å². The first-order valence-electron chi connectivity index (χ1n) is 8.81. The van der Waals surface area contributed by atoms with Gasteiger partial charge >= 0.3 is 0 Å². The number of hydrogen-bond donors (Lipinski definition) is 0. The Morgan fingerprint density at radius 1 is 1.00 bits per heavy atom. The van der Waals surface area contributed by atoms with Crippen molar-refractivity contribution in [3.8, 4) is 0 Å². The Morgan fingerprint density at radius 2 is 1.57 bits per heavy atom. The summed E-state index contributed by atoms with van der Waals surface area (Å²) in [6, 6.07) is 0. The van der Waals surface area contributed by atoms with Crippen molar-refractivity contribution in [2.75, 3.05) is 0 Å². The first kappa shape index (κ1) is 23.3. The maximum atomic E-state index is 2.59.